The zero-order chi connectivity index (χ0) is 14.5. The summed E-state index contributed by atoms with van der Waals surface area (Å²) in [6, 6.07) is 10.1. The van der Waals surface area contributed by atoms with Crippen molar-refractivity contribution >= 4 is 11.6 Å². The van der Waals surface area contributed by atoms with Gasteiger partial charge in [0.2, 0.25) is 0 Å². The van der Waals surface area contributed by atoms with Crippen LogP contribution >= 0.6 is 0 Å². The Morgan fingerprint density at radius 1 is 1.20 bits per heavy atom. The van der Waals surface area contributed by atoms with Crippen LogP contribution in [0, 0.1) is 28.5 Å². The first-order chi connectivity index (χ1) is 9.63. The molecule has 6 heteroatoms. The van der Waals surface area contributed by atoms with Crippen molar-refractivity contribution in [2.24, 2.45) is 0 Å². The highest BCUT2D eigenvalue weighted by atomic mass is 19.1. The van der Waals surface area contributed by atoms with E-state index in [4.69, 9.17) is 10.5 Å². The highest BCUT2D eigenvalue weighted by Crippen LogP contribution is 2.14. The Hall–Kier alpha value is -3.25. The standard InChI is InChI=1S/C14H7FN4O/c15-12-3-2-11(5-10(12)7-17)19-14(20)13-4-1-9(6-16)8-18-13/h1-5,8H,(H,19,20). The fourth-order valence-corrected chi connectivity index (χ4v) is 1.48. The van der Waals surface area contributed by atoms with Crippen LogP contribution in [0.3, 0.4) is 0 Å². The minimum Gasteiger partial charge on any atom is -0.321 e. The molecule has 1 amide bonds. The number of nitrogens with one attached hydrogen (secondary N) is 1. The van der Waals surface area contributed by atoms with Crippen molar-refractivity contribution in [1.29, 1.82) is 10.5 Å². The van der Waals surface area contributed by atoms with E-state index in [9.17, 15) is 9.18 Å². The van der Waals surface area contributed by atoms with E-state index in [0.717, 1.165) is 6.07 Å². The van der Waals surface area contributed by atoms with Crippen molar-refractivity contribution < 1.29 is 9.18 Å². The summed E-state index contributed by atoms with van der Waals surface area (Å²) in [6.45, 7) is 0. The summed E-state index contributed by atoms with van der Waals surface area (Å²) in [5.74, 6) is -1.16. The van der Waals surface area contributed by atoms with E-state index >= 15 is 0 Å². The molecule has 2 aromatic rings. The molecule has 0 bridgehead atoms. The second-order valence-electron chi connectivity index (χ2n) is 3.80. The van der Waals surface area contributed by atoms with Crippen LogP contribution in [0.1, 0.15) is 21.6 Å². The van der Waals surface area contributed by atoms with Gasteiger partial charge in [0.05, 0.1) is 11.1 Å². The van der Waals surface area contributed by atoms with E-state index in [1.54, 1.807) is 6.07 Å². The largest absolute Gasteiger partial charge is 0.321 e. The molecule has 1 heterocycles. The molecule has 96 valence electrons. The van der Waals surface area contributed by atoms with Crippen LogP contribution in [0.4, 0.5) is 10.1 Å². The van der Waals surface area contributed by atoms with E-state index < -0.39 is 11.7 Å². The number of rotatable bonds is 2. The zero-order valence-electron chi connectivity index (χ0n) is 10.1. The lowest BCUT2D eigenvalue weighted by atomic mass is 10.2. The van der Waals surface area contributed by atoms with E-state index in [2.05, 4.69) is 10.3 Å². The summed E-state index contributed by atoms with van der Waals surface area (Å²) in [4.78, 5) is 15.7. The highest BCUT2D eigenvalue weighted by Gasteiger charge is 2.09. The molecule has 0 aliphatic heterocycles. The van der Waals surface area contributed by atoms with Gasteiger partial charge in [-0.2, -0.15) is 10.5 Å². The van der Waals surface area contributed by atoms with Gasteiger partial charge in [0.1, 0.15) is 23.6 Å². The summed E-state index contributed by atoms with van der Waals surface area (Å²) in [7, 11) is 0. The van der Waals surface area contributed by atoms with Crippen LogP contribution in [0.2, 0.25) is 0 Å². The zero-order valence-corrected chi connectivity index (χ0v) is 10.1. The monoisotopic (exact) mass is 266 g/mol. The average Bonchev–Trinajstić information content (AvgIpc) is 2.49. The Balaban J connectivity index is 2.19. The molecule has 0 aliphatic rings. The topological polar surface area (TPSA) is 89.6 Å². The van der Waals surface area contributed by atoms with Gasteiger partial charge < -0.3 is 5.32 Å². The van der Waals surface area contributed by atoms with Gasteiger partial charge >= 0.3 is 0 Å². The molecule has 0 saturated carbocycles. The minimum atomic E-state index is -0.651. The summed E-state index contributed by atoms with van der Waals surface area (Å²) in [6.07, 6.45) is 1.28. The van der Waals surface area contributed by atoms with E-state index in [1.165, 1.54) is 30.5 Å². The average molecular weight is 266 g/mol. The van der Waals surface area contributed by atoms with Crippen molar-refractivity contribution in [2.45, 2.75) is 0 Å². The van der Waals surface area contributed by atoms with Crippen molar-refractivity contribution in [1.82, 2.24) is 4.98 Å². The number of pyridine rings is 1. The lowest BCUT2D eigenvalue weighted by Crippen LogP contribution is -2.13. The Labute approximate surface area is 113 Å². The predicted molar refractivity (Wildman–Crippen MR) is 68.0 cm³/mol. The SMILES string of the molecule is N#Cc1ccc(C(=O)Nc2ccc(F)c(C#N)c2)nc1. The molecular weight excluding hydrogens is 259 g/mol. The number of carbonyl (C=O) groups excluding carboxylic acids is 1. The third-order valence-electron chi connectivity index (χ3n) is 2.47. The molecule has 0 spiro atoms. The highest BCUT2D eigenvalue weighted by molar-refractivity contribution is 6.02. The Kier molecular flexibility index (Phi) is 3.69. The Morgan fingerprint density at radius 3 is 2.60 bits per heavy atom. The number of hydrogen-bond donors (Lipinski definition) is 1. The van der Waals surface area contributed by atoms with Gasteiger partial charge in [0, 0.05) is 11.9 Å². The number of anilines is 1. The normalized spacial score (nSPS) is 9.35. The van der Waals surface area contributed by atoms with Crippen LogP contribution in [0.25, 0.3) is 0 Å². The van der Waals surface area contributed by atoms with Gasteiger partial charge in [0.25, 0.3) is 5.91 Å². The molecule has 20 heavy (non-hydrogen) atoms. The predicted octanol–water partition coefficient (Wildman–Crippen LogP) is 2.22. The molecule has 5 nitrogen and oxygen atoms in total. The molecule has 0 aliphatic carbocycles. The second-order valence-corrected chi connectivity index (χ2v) is 3.80. The number of aromatic nitrogens is 1. The maximum atomic E-state index is 13.1. The van der Waals surface area contributed by atoms with Crippen LogP contribution in [0.5, 0.6) is 0 Å². The number of nitrogens with zero attached hydrogens (tertiary/aromatic N) is 3. The van der Waals surface area contributed by atoms with Crippen molar-refractivity contribution in [3.63, 3.8) is 0 Å². The molecule has 0 fully saturated rings. The smallest absolute Gasteiger partial charge is 0.274 e. The number of hydrogen-bond acceptors (Lipinski definition) is 4. The third kappa shape index (κ3) is 2.77. The Bertz CT molecular complexity index is 741. The van der Waals surface area contributed by atoms with Gasteiger partial charge in [0.15, 0.2) is 0 Å². The fraction of sp³-hybridized carbons (Fsp3) is 0. The van der Waals surface area contributed by atoms with Gasteiger partial charge in [-0.05, 0) is 30.3 Å². The lowest BCUT2D eigenvalue weighted by molar-refractivity contribution is 0.102. The number of amides is 1. The number of benzene rings is 1. The van der Waals surface area contributed by atoms with Gasteiger partial charge in [-0.25, -0.2) is 9.37 Å². The molecule has 1 aromatic heterocycles. The summed E-state index contributed by atoms with van der Waals surface area (Å²) >= 11 is 0. The first kappa shape index (κ1) is 13.2. The molecule has 0 radical (unpaired) electrons. The van der Waals surface area contributed by atoms with Crippen molar-refractivity contribution in [3.8, 4) is 12.1 Å². The first-order valence-electron chi connectivity index (χ1n) is 5.51. The van der Waals surface area contributed by atoms with Crippen molar-refractivity contribution in [2.75, 3.05) is 5.32 Å². The third-order valence-corrected chi connectivity index (χ3v) is 2.47. The maximum absolute atomic E-state index is 13.1. The van der Waals surface area contributed by atoms with Gasteiger partial charge in [-0.3, -0.25) is 4.79 Å². The second kappa shape index (κ2) is 5.59. The number of nitriles is 2. The van der Waals surface area contributed by atoms with Crippen LogP contribution in [0.15, 0.2) is 36.5 Å². The quantitative estimate of drug-likeness (QED) is 0.902. The first-order valence-corrected chi connectivity index (χ1v) is 5.51. The van der Waals surface area contributed by atoms with E-state index in [1.807, 2.05) is 6.07 Å². The van der Waals surface area contributed by atoms with Gasteiger partial charge in [-0.15, -0.1) is 0 Å². The number of halogens is 1. The van der Waals surface area contributed by atoms with Crippen LogP contribution in [-0.2, 0) is 0 Å². The maximum Gasteiger partial charge on any atom is 0.274 e. The lowest BCUT2D eigenvalue weighted by Gasteiger charge is -2.05. The molecule has 0 saturated heterocycles. The van der Waals surface area contributed by atoms with Crippen LogP contribution < -0.4 is 5.32 Å². The fourth-order valence-electron chi connectivity index (χ4n) is 1.48. The molecule has 1 N–H and O–H groups in total. The number of carbonyl (C=O) groups is 1. The summed E-state index contributed by atoms with van der Waals surface area (Å²) < 4.78 is 13.1. The summed E-state index contributed by atoms with van der Waals surface area (Å²) in [5.41, 5.74) is 0.594. The van der Waals surface area contributed by atoms with E-state index in [-0.39, 0.29) is 11.3 Å². The van der Waals surface area contributed by atoms with E-state index in [0.29, 0.717) is 11.3 Å². The molecular formula is C14H7FN4O. The van der Waals surface area contributed by atoms with Crippen molar-refractivity contribution in [3.05, 3.63) is 59.2 Å². The minimum absolute atomic E-state index is 0.117. The molecule has 0 atom stereocenters. The molecule has 1 aromatic carbocycles. The summed E-state index contributed by atoms with van der Waals surface area (Å²) in [5, 5.41) is 19.8. The van der Waals surface area contributed by atoms with Crippen LogP contribution in [-0.4, -0.2) is 10.9 Å². The Morgan fingerprint density at radius 2 is 2.00 bits per heavy atom. The molecule has 2 rings (SSSR count). The van der Waals surface area contributed by atoms with Gasteiger partial charge in [-0.1, -0.05) is 0 Å². The molecule has 0 unspecified atom stereocenters.